The number of hydrogen-bond acceptors (Lipinski definition) is 2. The molecule has 2 nitrogen and oxygen atoms in total. The summed E-state index contributed by atoms with van der Waals surface area (Å²) >= 11 is 0. The van der Waals surface area contributed by atoms with Gasteiger partial charge in [-0.3, -0.25) is 0 Å². The molecule has 1 rings (SSSR count). The molecule has 2 heteroatoms. The van der Waals surface area contributed by atoms with E-state index in [1.807, 2.05) is 18.2 Å². The van der Waals surface area contributed by atoms with Crippen molar-refractivity contribution >= 4 is 0 Å². The first-order valence-corrected chi connectivity index (χ1v) is 6.15. The summed E-state index contributed by atoms with van der Waals surface area (Å²) in [6.45, 7) is 8.01. The van der Waals surface area contributed by atoms with Crippen molar-refractivity contribution in [2.75, 3.05) is 19.7 Å². The van der Waals surface area contributed by atoms with E-state index in [1.54, 1.807) is 0 Å². The molecular weight excluding hydrogens is 198 g/mol. The summed E-state index contributed by atoms with van der Waals surface area (Å²) in [5, 5.41) is 3.40. The van der Waals surface area contributed by atoms with Crippen LogP contribution in [0.15, 0.2) is 30.3 Å². The second kappa shape index (κ2) is 8.31. The quantitative estimate of drug-likeness (QED) is 0.682. The first-order valence-electron chi connectivity index (χ1n) is 6.15. The number of ether oxygens (including phenoxy) is 1. The molecule has 0 bridgehead atoms. The summed E-state index contributed by atoms with van der Waals surface area (Å²) in [5.41, 5.74) is 1.24. The monoisotopic (exact) mass is 221 g/mol. The van der Waals surface area contributed by atoms with Crippen molar-refractivity contribution in [2.45, 2.75) is 26.9 Å². The maximum atomic E-state index is 5.57. The Hall–Kier alpha value is -0.860. The van der Waals surface area contributed by atoms with Crippen LogP contribution in [-0.4, -0.2) is 19.7 Å². The van der Waals surface area contributed by atoms with E-state index in [1.165, 1.54) is 12.0 Å². The van der Waals surface area contributed by atoms with Gasteiger partial charge in [0.2, 0.25) is 0 Å². The summed E-state index contributed by atoms with van der Waals surface area (Å²) in [4.78, 5) is 0. The Bertz CT molecular complexity index is 261. The summed E-state index contributed by atoms with van der Waals surface area (Å²) in [6, 6.07) is 10.3. The standard InChI is InChI=1S/C14H23NO/c1-3-13(2)11-15-9-10-16-12-14-7-5-4-6-8-14/h4-8,13,15H,3,9-12H2,1-2H3. The Morgan fingerprint density at radius 3 is 2.69 bits per heavy atom. The lowest BCUT2D eigenvalue weighted by Gasteiger charge is -2.10. The van der Waals surface area contributed by atoms with Crippen LogP contribution in [0.3, 0.4) is 0 Å². The normalized spacial score (nSPS) is 12.6. The predicted octanol–water partition coefficient (Wildman–Crippen LogP) is 2.84. The Morgan fingerprint density at radius 1 is 1.25 bits per heavy atom. The van der Waals surface area contributed by atoms with E-state index in [-0.39, 0.29) is 0 Å². The lowest BCUT2D eigenvalue weighted by molar-refractivity contribution is 0.122. The Labute approximate surface area is 99.0 Å². The molecule has 0 aliphatic rings. The molecule has 0 aliphatic carbocycles. The van der Waals surface area contributed by atoms with Crippen LogP contribution in [0.4, 0.5) is 0 Å². The third-order valence-electron chi connectivity index (χ3n) is 2.72. The molecule has 0 fully saturated rings. The molecule has 0 radical (unpaired) electrons. The molecule has 1 aromatic rings. The van der Waals surface area contributed by atoms with E-state index in [0.717, 1.165) is 25.6 Å². The third-order valence-corrected chi connectivity index (χ3v) is 2.72. The predicted molar refractivity (Wildman–Crippen MR) is 68.4 cm³/mol. The molecule has 0 aromatic heterocycles. The minimum absolute atomic E-state index is 0.714. The summed E-state index contributed by atoms with van der Waals surface area (Å²) in [7, 11) is 0. The van der Waals surface area contributed by atoms with Crippen LogP contribution < -0.4 is 5.32 Å². The SMILES string of the molecule is CCC(C)CNCCOCc1ccccc1. The van der Waals surface area contributed by atoms with E-state index in [2.05, 4.69) is 31.3 Å². The van der Waals surface area contributed by atoms with Gasteiger partial charge in [0.25, 0.3) is 0 Å². The van der Waals surface area contributed by atoms with Crippen molar-refractivity contribution in [3.8, 4) is 0 Å². The molecule has 0 amide bonds. The molecule has 90 valence electrons. The highest BCUT2D eigenvalue weighted by Gasteiger charge is 1.97. The summed E-state index contributed by atoms with van der Waals surface area (Å²) in [5.74, 6) is 0.758. The highest BCUT2D eigenvalue weighted by atomic mass is 16.5. The molecule has 0 saturated carbocycles. The summed E-state index contributed by atoms with van der Waals surface area (Å²) < 4.78 is 5.57. The van der Waals surface area contributed by atoms with Gasteiger partial charge in [0.1, 0.15) is 0 Å². The number of nitrogens with one attached hydrogen (secondary N) is 1. The lowest BCUT2D eigenvalue weighted by Crippen LogP contribution is -2.24. The molecule has 0 spiro atoms. The molecule has 1 atom stereocenters. The van der Waals surface area contributed by atoms with Crippen molar-refractivity contribution in [2.24, 2.45) is 5.92 Å². The average Bonchev–Trinajstić information content (AvgIpc) is 2.34. The fraction of sp³-hybridized carbons (Fsp3) is 0.571. The number of rotatable bonds is 8. The zero-order chi connectivity index (χ0) is 11.6. The zero-order valence-electron chi connectivity index (χ0n) is 10.4. The maximum Gasteiger partial charge on any atom is 0.0717 e. The number of benzene rings is 1. The molecule has 0 aliphatic heterocycles. The number of hydrogen-bond donors (Lipinski definition) is 1. The maximum absolute atomic E-state index is 5.57. The molecule has 0 saturated heterocycles. The second-order valence-corrected chi connectivity index (χ2v) is 4.26. The van der Waals surface area contributed by atoms with Gasteiger partial charge >= 0.3 is 0 Å². The molecule has 1 aromatic carbocycles. The minimum Gasteiger partial charge on any atom is -0.375 e. The largest absolute Gasteiger partial charge is 0.375 e. The van der Waals surface area contributed by atoms with Crippen molar-refractivity contribution in [1.82, 2.24) is 5.32 Å². The van der Waals surface area contributed by atoms with Crippen LogP contribution in [0.1, 0.15) is 25.8 Å². The van der Waals surface area contributed by atoms with Gasteiger partial charge in [-0.15, -0.1) is 0 Å². The smallest absolute Gasteiger partial charge is 0.0717 e. The van der Waals surface area contributed by atoms with Gasteiger partial charge in [-0.05, 0) is 18.0 Å². The second-order valence-electron chi connectivity index (χ2n) is 4.26. The van der Waals surface area contributed by atoms with E-state index < -0.39 is 0 Å². The van der Waals surface area contributed by atoms with Gasteiger partial charge in [-0.1, -0.05) is 50.6 Å². The van der Waals surface area contributed by atoms with E-state index in [4.69, 9.17) is 4.74 Å². The lowest BCUT2D eigenvalue weighted by atomic mass is 10.1. The van der Waals surface area contributed by atoms with Crippen molar-refractivity contribution in [3.63, 3.8) is 0 Å². The first-order chi connectivity index (χ1) is 7.83. The zero-order valence-corrected chi connectivity index (χ0v) is 10.4. The van der Waals surface area contributed by atoms with E-state index in [0.29, 0.717) is 6.61 Å². The van der Waals surface area contributed by atoms with Gasteiger partial charge in [0.15, 0.2) is 0 Å². The third kappa shape index (κ3) is 5.89. The van der Waals surface area contributed by atoms with Gasteiger partial charge in [0, 0.05) is 6.54 Å². The molecule has 16 heavy (non-hydrogen) atoms. The Balaban J connectivity index is 1.96. The molecule has 0 heterocycles. The van der Waals surface area contributed by atoms with Gasteiger partial charge in [0.05, 0.1) is 13.2 Å². The fourth-order valence-corrected chi connectivity index (χ4v) is 1.40. The van der Waals surface area contributed by atoms with Crippen LogP contribution in [0.25, 0.3) is 0 Å². The van der Waals surface area contributed by atoms with Crippen LogP contribution in [0.2, 0.25) is 0 Å². The summed E-state index contributed by atoms with van der Waals surface area (Å²) in [6.07, 6.45) is 1.23. The van der Waals surface area contributed by atoms with Crippen molar-refractivity contribution in [1.29, 1.82) is 0 Å². The molecular formula is C14H23NO. The van der Waals surface area contributed by atoms with Crippen LogP contribution in [0, 0.1) is 5.92 Å². The van der Waals surface area contributed by atoms with E-state index >= 15 is 0 Å². The topological polar surface area (TPSA) is 21.3 Å². The Kier molecular flexibility index (Phi) is 6.86. The highest BCUT2D eigenvalue weighted by molar-refractivity contribution is 5.13. The van der Waals surface area contributed by atoms with Crippen LogP contribution in [-0.2, 0) is 11.3 Å². The fourth-order valence-electron chi connectivity index (χ4n) is 1.40. The van der Waals surface area contributed by atoms with Crippen LogP contribution in [0.5, 0.6) is 0 Å². The van der Waals surface area contributed by atoms with E-state index in [9.17, 15) is 0 Å². The van der Waals surface area contributed by atoms with Crippen molar-refractivity contribution in [3.05, 3.63) is 35.9 Å². The highest BCUT2D eigenvalue weighted by Crippen LogP contribution is 2.00. The molecule has 1 unspecified atom stereocenters. The van der Waals surface area contributed by atoms with Crippen LogP contribution >= 0.6 is 0 Å². The minimum atomic E-state index is 0.714. The van der Waals surface area contributed by atoms with Gasteiger partial charge in [-0.2, -0.15) is 0 Å². The van der Waals surface area contributed by atoms with Gasteiger partial charge in [-0.25, -0.2) is 0 Å². The average molecular weight is 221 g/mol. The van der Waals surface area contributed by atoms with Gasteiger partial charge < -0.3 is 10.1 Å². The van der Waals surface area contributed by atoms with Crippen molar-refractivity contribution < 1.29 is 4.74 Å². The first kappa shape index (κ1) is 13.2. The molecule has 1 N–H and O–H groups in total. The Morgan fingerprint density at radius 2 is 2.00 bits per heavy atom.